The van der Waals surface area contributed by atoms with Crippen LogP contribution < -0.4 is 16.0 Å². The van der Waals surface area contributed by atoms with E-state index in [9.17, 15) is 0 Å². The molecule has 0 atom stereocenters. The van der Waals surface area contributed by atoms with E-state index < -0.39 is 0 Å². The summed E-state index contributed by atoms with van der Waals surface area (Å²) in [6.07, 6.45) is 0. The quantitative estimate of drug-likeness (QED) is 0.738. The molecule has 0 fully saturated rings. The van der Waals surface area contributed by atoms with Crippen LogP contribution in [0.4, 0.5) is 11.5 Å². The van der Waals surface area contributed by atoms with E-state index in [-0.39, 0.29) is 0 Å². The predicted molar refractivity (Wildman–Crippen MR) is 60.6 cm³/mol. The molecule has 14 heavy (non-hydrogen) atoms. The Hall–Kier alpha value is -1.29. The van der Waals surface area contributed by atoms with Gasteiger partial charge in [0.1, 0.15) is 5.82 Å². The normalized spacial score (nSPS) is 10.2. The summed E-state index contributed by atoms with van der Waals surface area (Å²) >= 11 is 0. The minimum atomic E-state index is 0.746. The number of nitrogens with zero attached hydrogens (tertiary/aromatic N) is 2. The second-order valence-corrected chi connectivity index (χ2v) is 3.37. The minimum absolute atomic E-state index is 0.746. The maximum atomic E-state index is 5.70. The number of nitrogens with two attached hydrogens (primary N) is 1. The number of likely N-dealkylation sites (N-methyl/N-ethyl adjacent to an activating group) is 2. The first-order valence-corrected chi connectivity index (χ1v) is 4.74. The number of aryl methyl sites for hydroxylation is 1. The second kappa shape index (κ2) is 4.81. The standard InChI is InChI=1S/C10H18N4/c1-8-9(11)4-5-10(13-8)14(3)7-6-12-2/h4-5,12H,6-7,11H2,1-3H3. The number of rotatable bonds is 4. The number of hydrogen-bond donors (Lipinski definition) is 2. The highest BCUT2D eigenvalue weighted by Crippen LogP contribution is 2.14. The van der Waals surface area contributed by atoms with Gasteiger partial charge in [0.05, 0.1) is 11.4 Å². The molecule has 0 amide bonds. The van der Waals surface area contributed by atoms with Gasteiger partial charge >= 0.3 is 0 Å². The Morgan fingerprint density at radius 3 is 2.79 bits per heavy atom. The molecule has 0 spiro atoms. The van der Waals surface area contributed by atoms with E-state index in [4.69, 9.17) is 5.73 Å². The number of aromatic nitrogens is 1. The number of pyridine rings is 1. The van der Waals surface area contributed by atoms with Crippen molar-refractivity contribution in [2.24, 2.45) is 0 Å². The highest BCUT2D eigenvalue weighted by molar-refractivity contribution is 5.49. The lowest BCUT2D eigenvalue weighted by Gasteiger charge is -2.18. The van der Waals surface area contributed by atoms with Gasteiger partial charge in [-0.05, 0) is 26.1 Å². The van der Waals surface area contributed by atoms with Crippen LogP contribution in [0.3, 0.4) is 0 Å². The molecular formula is C10H18N4. The van der Waals surface area contributed by atoms with Crippen LogP contribution in [-0.2, 0) is 0 Å². The van der Waals surface area contributed by atoms with Crippen molar-refractivity contribution in [2.75, 3.05) is 37.8 Å². The third-order valence-corrected chi connectivity index (χ3v) is 2.20. The molecule has 4 heteroatoms. The van der Waals surface area contributed by atoms with E-state index in [1.165, 1.54) is 0 Å². The van der Waals surface area contributed by atoms with E-state index in [0.29, 0.717) is 0 Å². The summed E-state index contributed by atoms with van der Waals surface area (Å²) in [5.74, 6) is 0.965. The lowest BCUT2D eigenvalue weighted by molar-refractivity contribution is 0.761. The highest BCUT2D eigenvalue weighted by atomic mass is 15.2. The van der Waals surface area contributed by atoms with Gasteiger partial charge in [-0.25, -0.2) is 4.98 Å². The molecule has 1 aromatic heterocycles. The smallest absolute Gasteiger partial charge is 0.128 e. The van der Waals surface area contributed by atoms with Crippen LogP contribution in [0.1, 0.15) is 5.69 Å². The van der Waals surface area contributed by atoms with Gasteiger partial charge in [-0.15, -0.1) is 0 Å². The van der Waals surface area contributed by atoms with E-state index >= 15 is 0 Å². The Morgan fingerprint density at radius 2 is 2.21 bits per heavy atom. The van der Waals surface area contributed by atoms with Crippen LogP contribution in [0.15, 0.2) is 12.1 Å². The Labute approximate surface area is 85.1 Å². The van der Waals surface area contributed by atoms with E-state index in [2.05, 4.69) is 15.2 Å². The largest absolute Gasteiger partial charge is 0.397 e. The molecule has 0 saturated carbocycles. The molecule has 0 aliphatic carbocycles. The van der Waals surface area contributed by atoms with Gasteiger partial charge in [0.2, 0.25) is 0 Å². The van der Waals surface area contributed by atoms with Gasteiger partial charge in [0, 0.05) is 20.1 Å². The summed E-state index contributed by atoms with van der Waals surface area (Å²) in [5.41, 5.74) is 7.33. The van der Waals surface area contributed by atoms with Crippen molar-refractivity contribution < 1.29 is 0 Å². The summed E-state index contributed by atoms with van der Waals surface area (Å²) in [4.78, 5) is 6.50. The average Bonchev–Trinajstić information content (AvgIpc) is 2.18. The summed E-state index contributed by atoms with van der Waals surface area (Å²) in [7, 11) is 3.96. The van der Waals surface area contributed by atoms with Gasteiger partial charge in [0.25, 0.3) is 0 Å². The number of anilines is 2. The third-order valence-electron chi connectivity index (χ3n) is 2.20. The zero-order valence-corrected chi connectivity index (χ0v) is 9.04. The molecule has 0 saturated heterocycles. The lowest BCUT2D eigenvalue weighted by atomic mass is 10.3. The van der Waals surface area contributed by atoms with Crippen molar-refractivity contribution in [1.82, 2.24) is 10.3 Å². The van der Waals surface area contributed by atoms with Gasteiger partial charge in [-0.1, -0.05) is 0 Å². The Balaban J connectivity index is 2.70. The second-order valence-electron chi connectivity index (χ2n) is 3.37. The summed E-state index contributed by atoms with van der Waals surface area (Å²) in [6.45, 7) is 3.80. The molecule has 0 unspecified atom stereocenters. The average molecular weight is 194 g/mol. The van der Waals surface area contributed by atoms with Crippen LogP contribution in [0.25, 0.3) is 0 Å². The molecule has 0 bridgehead atoms. The SMILES string of the molecule is CNCCN(C)c1ccc(N)c(C)n1. The van der Waals surface area contributed by atoms with Crippen molar-refractivity contribution in [3.63, 3.8) is 0 Å². The molecule has 3 N–H and O–H groups in total. The number of hydrogen-bond acceptors (Lipinski definition) is 4. The van der Waals surface area contributed by atoms with Crippen LogP contribution >= 0.6 is 0 Å². The zero-order chi connectivity index (χ0) is 10.6. The Bertz CT molecular complexity index is 298. The summed E-state index contributed by atoms with van der Waals surface area (Å²) in [5, 5.41) is 3.10. The van der Waals surface area contributed by atoms with Crippen LogP contribution in [-0.4, -0.2) is 32.2 Å². The molecule has 1 heterocycles. The Kier molecular flexibility index (Phi) is 3.71. The number of nitrogens with one attached hydrogen (secondary N) is 1. The fraction of sp³-hybridized carbons (Fsp3) is 0.500. The monoisotopic (exact) mass is 194 g/mol. The molecule has 1 rings (SSSR count). The Morgan fingerprint density at radius 1 is 1.50 bits per heavy atom. The van der Waals surface area contributed by atoms with Gasteiger partial charge < -0.3 is 16.0 Å². The number of nitrogen functional groups attached to an aromatic ring is 1. The lowest BCUT2D eigenvalue weighted by Crippen LogP contribution is -2.27. The molecule has 0 aromatic carbocycles. The summed E-state index contributed by atoms with van der Waals surface area (Å²) in [6, 6.07) is 3.84. The minimum Gasteiger partial charge on any atom is -0.397 e. The van der Waals surface area contributed by atoms with Crippen molar-refractivity contribution in [3.8, 4) is 0 Å². The fourth-order valence-electron chi connectivity index (χ4n) is 1.17. The van der Waals surface area contributed by atoms with Crippen molar-refractivity contribution in [3.05, 3.63) is 17.8 Å². The first kappa shape index (κ1) is 10.8. The third kappa shape index (κ3) is 2.60. The highest BCUT2D eigenvalue weighted by Gasteiger charge is 2.02. The van der Waals surface area contributed by atoms with Crippen LogP contribution in [0.2, 0.25) is 0 Å². The molecule has 1 aromatic rings. The van der Waals surface area contributed by atoms with Crippen molar-refractivity contribution in [2.45, 2.75) is 6.92 Å². The van der Waals surface area contributed by atoms with Gasteiger partial charge in [-0.3, -0.25) is 0 Å². The van der Waals surface area contributed by atoms with Gasteiger partial charge in [0.15, 0.2) is 0 Å². The van der Waals surface area contributed by atoms with Crippen LogP contribution in [0.5, 0.6) is 0 Å². The van der Waals surface area contributed by atoms with E-state index in [1.807, 2.05) is 33.2 Å². The van der Waals surface area contributed by atoms with E-state index in [1.54, 1.807) is 0 Å². The molecule has 4 nitrogen and oxygen atoms in total. The molecule has 78 valence electrons. The predicted octanol–water partition coefficient (Wildman–Crippen LogP) is 0.628. The van der Waals surface area contributed by atoms with Gasteiger partial charge in [-0.2, -0.15) is 0 Å². The molecule has 0 aliphatic rings. The van der Waals surface area contributed by atoms with Crippen molar-refractivity contribution >= 4 is 11.5 Å². The first-order valence-electron chi connectivity index (χ1n) is 4.74. The molecule has 0 radical (unpaired) electrons. The summed E-state index contributed by atoms with van der Waals surface area (Å²) < 4.78 is 0. The van der Waals surface area contributed by atoms with Crippen molar-refractivity contribution in [1.29, 1.82) is 0 Å². The zero-order valence-electron chi connectivity index (χ0n) is 9.04. The molecular weight excluding hydrogens is 176 g/mol. The van der Waals surface area contributed by atoms with E-state index in [0.717, 1.165) is 30.3 Å². The maximum Gasteiger partial charge on any atom is 0.128 e. The topological polar surface area (TPSA) is 54.2 Å². The first-order chi connectivity index (χ1) is 6.65. The molecule has 0 aliphatic heterocycles. The van der Waals surface area contributed by atoms with Crippen LogP contribution in [0, 0.1) is 6.92 Å². The fourth-order valence-corrected chi connectivity index (χ4v) is 1.17. The maximum absolute atomic E-state index is 5.70.